The topological polar surface area (TPSA) is 44.8 Å². The molecule has 24 heavy (non-hydrogen) atoms. The maximum atomic E-state index is 12.0. The highest BCUT2D eigenvalue weighted by molar-refractivity contribution is 6.30. The summed E-state index contributed by atoms with van der Waals surface area (Å²) in [6, 6.07) is 16.3. The molecule has 3 rings (SSSR count). The van der Waals surface area contributed by atoms with Crippen LogP contribution in [0.2, 0.25) is 11.3 Å². The maximum absolute atomic E-state index is 12.0. The molecule has 0 spiro atoms. The van der Waals surface area contributed by atoms with E-state index in [0.29, 0.717) is 23.5 Å². The van der Waals surface area contributed by atoms with Gasteiger partial charge in [-0.3, -0.25) is 0 Å². The normalized spacial score (nSPS) is 23.1. The van der Waals surface area contributed by atoms with Gasteiger partial charge >= 0.3 is 5.97 Å². The monoisotopic (exact) mass is 344 g/mol. The van der Waals surface area contributed by atoms with Gasteiger partial charge in [0.1, 0.15) is 20.6 Å². The van der Waals surface area contributed by atoms with Crippen LogP contribution in [0.3, 0.4) is 0 Å². The van der Waals surface area contributed by atoms with Crippen LogP contribution in [-0.2, 0) is 20.0 Å². The Kier molecular flexibility index (Phi) is 5.24. The molecule has 2 aromatic rings. The second kappa shape index (κ2) is 7.39. The van der Waals surface area contributed by atoms with E-state index in [-0.39, 0.29) is 18.7 Å². The lowest BCUT2D eigenvalue weighted by atomic mass is 9.90. The molecule has 2 atom stereocenters. The number of benzene rings is 2. The first-order valence-corrected chi connectivity index (χ1v) is 8.31. The van der Waals surface area contributed by atoms with Crippen molar-refractivity contribution in [2.24, 2.45) is 0 Å². The molecule has 124 valence electrons. The molecular formula is C18H18BClO4. The van der Waals surface area contributed by atoms with Gasteiger partial charge in [-0.2, -0.15) is 0 Å². The van der Waals surface area contributed by atoms with E-state index in [9.17, 15) is 4.79 Å². The Morgan fingerprint density at radius 1 is 1.21 bits per heavy atom. The number of hydrogen-bond acceptors (Lipinski definition) is 4. The van der Waals surface area contributed by atoms with E-state index in [2.05, 4.69) is 0 Å². The van der Waals surface area contributed by atoms with E-state index in [0.717, 1.165) is 5.56 Å². The zero-order valence-electron chi connectivity index (χ0n) is 13.4. The minimum atomic E-state index is -0.811. The first kappa shape index (κ1) is 17.0. The number of esters is 1. The van der Waals surface area contributed by atoms with E-state index < -0.39 is 5.79 Å². The summed E-state index contributed by atoms with van der Waals surface area (Å²) in [5.41, 5.74) is 1.43. The summed E-state index contributed by atoms with van der Waals surface area (Å²) in [4.78, 5) is 12.0. The van der Waals surface area contributed by atoms with Crippen molar-refractivity contribution in [3.8, 4) is 0 Å². The van der Waals surface area contributed by atoms with Gasteiger partial charge in [0.25, 0.3) is 0 Å². The third-order valence-electron chi connectivity index (χ3n) is 4.02. The molecule has 1 saturated heterocycles. The SMILES string of the molecule is BC[C@]1(c2ccc(Cl)cc2)OC[C@@H](COC(=O)c2ccccc2)O1. The quantitative estimate of drug-likeness (QED) is 0.618. The van der Waals surface area contributed by atoms with Crippen LogP contribution in [-0.4, -0.2) is 33.1 Å². The zero-order valence-corrected chi connectivity index (χ0v) is 14.2. The number of carbonyl (C=O) groups is 1. The summed E-state index contributed by atoms with van der Waals surface area (Å²) in [7, 11) is 1.99. The van der Waals surface area contributed by atoms with Crippen LogP contribution in [0.4, 0.5) is 0 Å². The summed E-state index contributed by atoms with van der Waals surface area (Å²) in [5, 5.41) is 0.663. The van der Waals surface area contributed by atoms with Crippen LogP contribution in [0.15, 0.2) is 54.6 Å². The Balaban J connectivity index is 1.62. The Hall–Kier alpha value is -1.82. The Morgan fingerprint density at radius 3 is 2.58 bits per heavy atom. The average Bonchev–Trinajstić information content (AvgIpc) is 3.06. The fraction of sp³-hybridized carbons (Fsp3) is 0.278. The Bertz CT molecular complexity index is 692. The number of carbonyl (C=O) groups excluding carboxylic acids is 1. The van der Waals surface area contributed by atoms with Crippen LogP contribution in [0.25, 0.3) is 0 Å². The lowest BCUT2D eigenvalue weighted by Crippen LogP contribution is -2.29. The third kappa shape index (κ3) is 3.64. The molecule has 1 fully saturated rings. The smallest absolute Gasteiger partial charge is 0.338 e. The van der Waals surface area contributed by atoms with Crippen molar-refractivity contribution >= 4 is 25.4 Å². The van der Waals surface area contributed by atoms with Crippen molar-refractivity contribution in [2.75, 3.05) is 13.2 Å². The second-order valence-corrected chi connectivity index (χ2v) is 6.07. The van der Waals surface area contributed by atoms with E-state index in [1.807, 2.05) is 38.2 Å². The van der Waals surface area contributed by atoms with Crippen LogP contribution in [0.5, 0.6) is 0 Å². The highest BCUT2D eigenvalue weighted by Crippen LogP contribution is 2.37. The van der Waals surface area contributed by atoms with Crippen LogP contribution >= 0.6 is 11.6 Å². The van der Waals surface area contributed by atoms with Crippen molar-refractivity contribution < 1.29 is 19.0 Å². The van der Waals surface area contributed by atoms with E-state index in [1.165, 1.54) is 0 Å². The van der Waals surface area contributed by atoms with Crippen LogP contribution in [0, 0.1) is 0 Å². The molecule has 1 heterocycles. The van der Waals surface area contributed by atoms with E-state index in [4.69, 9.17) is 25.8 Å². The predicted octanol–water partition coefficient (Wildman–Crippen LogP) is 2.82. The molecule has 1 aliphatic rings. The highest BCUT2D eigenvalue weighted by Gasteiger charge is 2.41. The number of hydrogen-bond donors (Lipinski definition) is 0. The standard InChI is InChI=1S/C18H18BClO4/c19-12-18(14-6-8-15(20)9-7-14)23-11-16(24-18)10-22-17(21)13-4-2-1-3-5-13/h1-9,16H,10-12,19H2/t16-,18+/m1/s1. The van der Waals surface area contributed by atoms with Gasteiger partial charge in [-0.25, -0.2) is 4.79 Å². The summed E-state index contributed by atoms with van der Waals surface area (Å²) in [5.74, 6) is -1.17. The fourth-order valence-electron chi connectivity index (χ4n) is 2.72. The number of halogens is 1. The van der Waals surface area contributed by atoms with Gasteiger partial charge < -0.3 is 14.2 Å². The molecule has 0 radical (unpaired) electrons. The van der Waals surface area contributed by atoms with Crippen LogP contribution in [0.1, 0.15) is 15.9 Å². The molecule has 0 amide bonds. The van der Waals surface area contributed by atoms with Crippen molar-refractivity contribution in [1.29, 1.82) is 0 Å². The fourth-order valence-corrected chi connectivity index (χ4v) is 2.84. The Morgan fingerprint density at radius 2 is 1.92 bits per heavy atom. The zero-order chi connectivity index (χ0) is 17.0. The predicted molar refractivity (Wildman–Crippen MR) is 94.0 cm³/mol. The molecule has 1 aliphatic heterocycles. The molecule has 0 aromatic heterocycles. The molecular weight excluding hydrogens is 326 g/mol. The lowest BCUT2D eigenvalue weighted by molar-refractivity contribution is -0.164. The minimum Gasteiger partial charge on any atom is -0.459 e. The van der Waals surface area contributed by atoms with Crippen molar-refractivity contribution in [2.45, 2.75) is 18.2 Å². The molecule has 0 saturated carbocycles. The molecule has 0 unspecified atom stereocenters. The second-order valence-electron chi connectivity index (χ2n) is 5.63. The molecule has 0 N–H and O–H groups in total. The summed E-state index contributed by atoms with van der Waals surface area (Å²) < 4.78 is 17.3. The molecule has 0 bridgehead atoms. The van der Waals surface area contributed by atoms with Gasteiger partial charge in [0.15, 0.2) is 5.79 Å². The molecule has 2 aromatic carbocycles. The maximum Gasteiger partial charge on any atom is 0.338 e. The van der Waals surface area contributed by atoms with Crippen molar-refractivity contribution in [3.05, 3.63) is 70.7 Å². The molecule has 4 nitrogen and oxygen atoms in total. The largest absolute Gasteiger partial charge is 0.459 e. The van der Waals surface area contributed by atoms with E-state index >= 15 is 0 Å². The first-order chi connectivity index (χ1) is 11.6. The van der Waals surface area contributed by atoms with E-state index in [1.54, 1.807) is 24.3 Å². The number of ether oxygens (including phenoxy) is 3. The van der Waals surface area contributed by atoms with Crippen molar-refractivity contribution in [3.63, 3.8) is 0 Å². The van der Waals surface area contributed by atoms with Crippen LogP contribution < -0.4 is 0 Å². The molecule has 6 heteroatoms. The minimum absolute atomic E-state index is 0.156. The Labute approximate surface area is 147 Å². The van der Waals surface area contributed by atoms with Gasteiger partial charge in [0.2, 0.25) is 0 Å². The van der Waals surface area contributed by atoms with Gasteiger partial charge in [-0.1, -0.05) is 41.9 Å². The summed E-state index contributed by atoms with van der Waals surface area (Å²) >= 11 is 5.94. The molecule has 0 aliphatic carbocycles. The summed E-state index contributed by atoms with van der Waals surface area (Å²) in [6.07, 6.45) is 0.353. The third-order valence-corrected chi connectivity index (χ3v) is 4.27. The van der Waals surface area contributed by atoms with Gasteiger partial charge in [-0.15, -0.1) is 0 Å². The van der Waals surface area contributed by atoms with Crippen molar-refractivity contribution in [1.82, 2.24) is 0 Å². The average molecular weight is 345 g/mol. The number of rotatable bonds is 5. The summed E-state index contributed by atoms with van der Waals surface area (Å²) in [6.45, 7) is 0.529. The van der Waals surface area contributed by atoms with Gasteiger partial charge in [0, 0.05) is 10.6 Å². The lowest BCUT2D eigenvalue weighted by Gasteiger charge is -2.27. The first-order valence-electron chi connectivity index (χ1n) is 7.93. The highest BCUT2D eigenvalue weighted by atomic mass is 35.5. The van der Waals surface area contributed by atoms with Gasteiger partial charge in [0.05, 0.1) is 12.2 Å². The van der Waals surface area contributed by atoms with Gasteiger partial charge in [-0.05, 0) is 30.6 Å².